The first kappa shape index (κ1) is 22.4. The van der Waals surface area contributed by atoms with E-state index < -0.39 is 0 Å². The number of thiophene rings is 1. The first-order chi connectivity index (χ1) is 15.5. The molecule has 1 aliphatic heterocycles. The maximum atomic E-state index is 12.8. The lowest BCUT2D eigenvalue weighted by molar-refractivity contribution is 0.0996. The fourth-order valence-corrected chi connectivity index (χ4v) is 5.24. The van der Waals surface area contributed by atoms with E-state index in [1.54, 1.807) is 37.7 Å². The number of nitrogens with zero attached hydrogens (tertiary/aromatic N) is 1. The van der Waals surface area contributed by atoms with E-state index in [1.165, 1.54) is 6.26 Å². The summed E-state index contributed by atoms with van der Waals surface area (Å²) < 4.78 is 16.5. The van der Waals surface area contributed by atoms with Crippen molar-refractivity contribution in [1.82, 2.24) is 4.90 Å². The second-order valence-electron chi connectivity index (χ2n) is 8.30. The Balaban J connectivity index is 1.77. The summed E-state index contributed by atoms with van der Waals surface area (Å²) in [6.45, 7) is 6.35. The summed E-state index contributed by atoms with van der Waals surface area (Å²) in [5.41, 5.74) is 2.14. The zero-order valence-electron chi connectivity index (χ0n) is 19.0. The van der Waals surface area contributed by atoms with Crippen molar-refractivity contribution < 1.29 is 18.7 Å². The maximum absolute atomic E-state index is 12.8. The molecule has 1 N–H and O–H groups in total. The van der Waals surface area contributed by atoms with Gasteiger partial charge in [-0.2, -0.15) is 0 Å². The molecule has 1 unspecified atom stereocenters. The van der Waals surface area contributed by atoms with Crippen LogP contribution in [0, 0.1) is 12.8 Å². The molecule has 2 aromatic heterocycles. The number of rotatable bonds is 7. The molecular formula is C25H30N2O4S. The third-order valence-corrected chi connectivity index (χ3v) is 7.05. The average molecular weight is 455 g/mol. The highest BCUT2D eigenvalue weighted by atomic mass is 32.1. The van der Waals surface area contributed by atoms with Gasteiger partial charge in [0.05, 0.1) is 26.5 Å². The highest BCUT2D eigenvalue weighted by Crippen LogP contribution is 2.44. The second-order valence-corrected chi connectivity index (χ2v) is 9.56. The number of likely N-dealkylation sites (tertiary alicyclic amines) is 1. The Bertz CT molecular complexity index is 1050. The van der Waals surface area contributed by atoms with Gasteiger partial charge in [-0.3, -0.25) is 9.69 Å². The molecular weight excluding hydrogens is 424 g/mol. The molecule has 1 amide bonds. The van der Waals surface area contributed by atoms with Crippen LogP contribution in [0.25, 0.3) is 0 Å². The molecule has 0 bridgehead atoms. The normalized spacial score (nSPS) is 16.0. The summed E-state index contributed by atoms with van der Waals surface area (Å²) in [5, 5.41) is 3.92. The van der Waals surface area contributed by atoms with E-state index in [0.717, 1.165) is 58.4 Å². The molecule has 3 heterocycles. The maximum Gasteiger partial charge on any atom is 0.291 e. The lowest BCUT2D eigenvalue weighted by Gasteiger charge is -2.37. The number of piperidine rings is 1. The molecule has 1 fully saturated rings. The molecule has 7 heteroatoms. The summed E-state index contributed by atoms with van der Waals surface area (Å²) in [5.74, 6) is 2.30. The van der Waals surface area contributed by atoms with Crippen molar-refractivity contribution in [2.75, 3.05) is 32.6 Å². The van der Waals surface area contributed by atoms with Crippen LogP contribution >= 0.6 is 11.3 Å². The monoisotopic (exact) mass is 454 g/mol. The Hall–Kier alpha value is -2.77. The number of hydrogen-bond donors (Lipinski definition) is 1. The van der Waals surface area contributed by atoms with Crippen molar-refractivity contribution in [3.63, 3.8) is 0 Å². The van der Waals surface area contributed by atoms with Gasteiger partial charge in [-0.05, 0) is 69.1 Å². The number of amides is 1. The summed E-state index contributed by atoms with van der Waals surface area (Å²) in [6, 6.07) is 11.5. The largest absolute Gasteiger partial charge is 0.497 e. The molecule has 1 saturated heterocycles. The molecule has 1 atom stereocenters. The fourth-order valence-electron chi connectivity index (χ4n) is 4.30. The molecule has 1 aliphatic rings. The van der Waals surface area contributed by atoms with E-state index in [-0.39, 0.29) is 11.9 Å². The Kier molecular flexibility index (Phi) is 6.86. The molecule has 3 aromatic rings. The number of aryl methyl sites for hydroxylation is 1. The number of benzene rings is 1. The predicted molar refractivity (Wildman–Crippen MR) is 127 cm³/mol. The fraction of sp³-hybridized carbons (Fsp3) is 0.400. The first-order valence-corrected chi connectivity index (χ1v) is 11.7. The molecule has 0 saturated carbocycles. The Labute approximate surface area is 193 Å². The van der Waals surface area contributed by atoms with Gasteiger partial charge in [-0.25, -0.2) is 0 Å². The SMILES string of the molecule is COc1ccc(C(c2cc(C)sc2NC(=O)c2ccco2)N2CCC(C)CC2)c(OC)c1. The van der Waals surface area contributed by atoms with Gasteiger partial charge in [0, 0.05) is 22.1 Å². The van der Waals surface area contributed by atoms with Crippen molar-refractivity contribution >= 4 is 22.2 Å². The topological polar surface area (TPSA) is 63.9 Å². The minimum atomic E-state index is -0.245. The third-order valence-electron chi connectivity index (χ3n) is 6.07. The van der Waals surface area contributed by atoms with Crippen LogP contribution in [0.4, 0.5) is 5.00 Å². The van der Waals surface area contributed by atoms with Crippen LogP contribution < -0.4 is 14.8 Å². The van der Waals surface area contributed by atoms with Crippen LogP contribution in [0.3, 0.4) is 0 Å². The van der Waals surface area contributed by atoms with Gasteiger partial charge in [0.2, 0.25) is 0 Å². The number of nitrogens with one attached hydrogen (secondary N) is 1. The minimum Gasteiger partial charge on any atom is -0.497 e. The lowest BCUT2D eigenvalue weighted by Crippen LogP contribution is -2.37. The minimum absolute atomic E-state index is 0.0415. The summed E-state index contributed by atoms with van der Waals surface area (Å²) in [4.78, 5) is 16.4. The third kappa shape index (κ3) is 4.69. The number of hydrogen-bond acceptors (Lipinski definition) is 6. The van der Waals surface area contributed by atoms with Gasteiger partial charge in [0.15, 0.2) is 5.76 Å². The quantitative estimate of drug-likeness (QED) is 0.493. The van der Waals surface area contributed by atoms with E-state index in [9.17, 15) is 4.79 Å². The van der Waals surface area contributed by atoms with Crippen molar-refractivity contribution in [3.8, 4) is 11.5 Å². The van der Waals surface area contributed by atoms with Gasteiger partial charge in [-0.15, -0.1) is 11.3 Å². The molecule has 4 rings (SSSR count). The van der Waals surface area contributed by atoms with E-state index in [0.29, 0.717) is 11.7 Å². The van der Waals surface area contributed by atoms with Gasteiger partial charge >= 0.3 is 0 Å². The predicted octanol–water partition coefficient (Wildman–Crippen LogP) is 5.74. The lowest BCUT2D eigenvalue weighted by atomic mass is 9.92. The van der Waals surface area contributed by atoms with E-state index in [4.69, 9.17) is 13.9 Å². The molecule has 170 valence electrons. The standard InChI is InChI=1S/C25H30N2O4S/c1-16-9-11-27(12-10-16)23(19-8-7-18(29-3)15-22(19)30-4)20-14-17(2)32-25(20)26-24(28)21-6-5-13-31-21/h5-8,13-16,23H,9-12H2,1-4H3,(H,26,28). The van der Waals surface area contributed by atoms with Crippen LogP contribution in [0.15, 0.2) is 47.1 Å². The Morgan fingerprint density at radius 1 is 1.16 bits per heavy atom. The van der Waals surface area contributed by atoms with Crippen LogP contribution in [0.2, 0.25) is 0 Å². The number of carbonyl (C=O) groups is 1. The van der Waals surface area contributed by atoms with Crippen LogP contribution in [0.1, 0.15) is 52.4 Å². The van der Waals surface area contributed by atoms with Crippen LogP contribution in [-0.2, 0) is 0 Å². The highest BCUT2D eigenvalue weighted by Gasteiger charge is 2.31. The summed E-state index contributed by atoms with van der Waals surface area (Å²) in [7, 11) is 3.34. The second kappa shape index (κ2) is 9.79. The van der Waals surface area contributed by atoms with Crippen molar-refractivity contribution in [1.29, 1.82) is 0 Å². The zero-order chi connectivity index (χ0) is 22.7. The molecule has 32 heavy (non-hydrogen) atoms. The van der Waals surface area contributed by atoms with Gasteiger partial charge < -0.3 is 19.2 Å². The van der Waals surface area contributed by atoms with E-state index in [2.05, 4.69) is 36.2 Å². The molecule has 0 radical (unpaired) electrons. The first-order valence-electron chi connectivity index (χ1n) is 10.9. The molecule has 0 spiro atoms. The van der Waals surface area contributed by atoms with Gasteiger partial charge in [0.1, 0.15) is 16.5 Å². The van der Waals surface area contributed by atoms with E-state index >= 15 is 0 Å². The van der Waals surface area contributed by atoms with Crippen LogP contribution in [-0.4, -0.2) is 38.1 Å². The Morgan fingerprint density at radius 2 is 1.94 bits per heavy atom. The van der Waals surface area contributed by atoms with Gasteiger partial charge in [0.25, 0.3) is 5.91 Å². The zero-order valence-corrected chi connectivity index (χ0v) is 19.8. The molecule has 0 aliphatic carbocycles. The average Bonchev–Trinajstić information content (AvgIpc) is 3.46. The highest BCUT2D eigenvalue weighted by molar-refractivity contribution is 7.16. The number of ether oxygens (including phenoxy) is 2. The summed E-state index contributed by atoms with van der Waals surface area (Å²) >= 11 is 1.58. The van der Waals surface area contributed by atoms with Crippen molar-refractivity contribution in [2.45, 2.75) is 32.7 Å². The van der Waals surface area contributed by atoms with E-state index in [1.807, 2.05) is 12.1 Å². The summed E-state index contributed by atoms with van der Waals surface area (Å²) in [6.07, 6.45) is 3.80. The number of furan rings is 1. The van der Waals surface area contributed by atoms with Gasteiger partial charge in [-0.1, -0.05) is 6.92 Å². The Morgan fingerprint density at radius 3 is 2.59 bits per heavy atom. The number of carbonyl (C=O) groups excluding carboxylic acids is 1. The number of methoxy groups -OCH3 is 2. The van der Waals surface area contributed by atoms with Crippen molar-refractivity contribution in [2.24, 2.45) is 5.92 Å². The smallest absolute Gasteiger partial charge is 0.291 e. The van der Waals surface area contributed by atoms with Crippen molar-refractivity contribution in [3.05, 3.63) is 64.4 Å². The number of anilines is 1. The van der Waals surface area contributed by atoms with Crippen LogP contribution in [0.5, 0.6) is 11.5 Å². The molecule has 6 nitrogen and oxygen atoms in total. The molecule has 1 aromatic carbocycles.